The summed E-state index contributed by atoms with van der Waals surface area (Å²) in [6.45, 7) is 0. The Balaban J connectivity index is 3.00. The van der Waals surface area contributed by atoms with E-state index in [1.807, 2.05) is 0 Å². The predicted octanol–water partition coefficient (Wildman–Crippen LogP) is 6.89. The highest BCUT2D eigenvalue weighted by molar-refractivity contribution is 7.58. The van der Waals surface area contributed by atoms with E-state index in [9.17, 15) is 39.5 Å². The molecule has 0 fully saturated rings. The van der Waals surface area contributed by atoms with E-state index in [1.165, 1.54) is 0 Å². The van der Waals surface area contributed by atoms with E-state index in [4.69, 9.17) is 0 Å². The van der Waals surface area contributed by atoms with Gasteiger partial charge in [0.25, 0.3) is 0 Å². The molecule has 0 spiro atoms. The largest absolute Gasteiger partial charge is 0.449 e. The van der Waals surface area contributed by atoms with Crippen LogP contribution >= 0.6 is 0 Å². The maximum absolute atomic E-state index is 15.9. The van der Waals surface area contributed by atoms with E-state index in [0.717, 1.165) is 54.6 Å². The lowest BCUT2D eigenvalue weighted by atomic mass is 10.3. The molecule has 0 unspecified atom stereocenters. The molecule has 41 heavy (non-hydrogen) atoms. The zero-order valence-corrected chi connectivity index (χ0v) is 21.8. The average molecular weight is 645 g/mol. The van der Waals surface area contributed by atoms with Gasteiger partial charge in [0.2, 0.25) is 0 Å². The number of hydrogen-bond donors (Lipinski definition) is 0. The molecular formula is C24H15F15Si2. The van der Waals surface area contributed by atoms with E-state index >= 15 is 26.3 Å². The number of halogens is 15. The molecule has 0 radical (unpaired) electrons. The van der Waals surface area contributed by atoms with Crippen molar-refractivity contribution in [3.8, 4) is 0 Å². The summed E-state index contributed by atoms with van der Waals surface area (Å²) in [7, 11) is -17.3. The smallest absolute Gasteiger partial charge is 0.201 e. The van der Waals surface area contributed by atoms with Gasteiger partial charge >= 0.3 is 42.8 Å². The molecule has 17 heteroatoms. The summed E-state index contributed by atoms with van der Waals surface area (Å²) in [6, 6.07) is 9.72. The minimum Gasteiger partial charge on any atom is -0.201 e. The summed E-state index contributed by atoms with van der Waals surface area (Å²) < 4.78 is 223. The molecule has 0 atom stereocenters. The van der Waals surface area contributed by atoms with Gasteiger partial charge in [0.15, 0.2) is 7.59 Å². The zero-order chi connectivity index (χ0) is 31.3. The topological polar surface area (TPSA) is 0 Å². The van der Waals surface area contributed by atoms with Crippen LogP contribution in [-0.2, 0) is 0 Å². The molecule has 0 saturated heterocycles. The Labute approximate surface area is 223 Å². The molecule has 3 aromatic rings. The molecule has 0 aromatic heterocycles. The molecule has 0 bridgehead atoms. The first-order valence-corrected chi connectivity index (χ1v) is 16.1. The van der Waals surface area contributed by atoms with Crippen LogP contribution < -0.4 is 15.6 Å². The second-order valence-electron chi connectivity index (χ2n) is 8.81. The lowest BCUT2D eigenvalue weighted by Gasteiger charge is -2.56. The Morgan fingerprint density at radius 3 is 0.683 bits per heavy atom. The van der Waals surface area contributed by atoms with Gasteiger partial charge in [-0.1, -0.05) is 107 Å². The Hall–Kier alpha value is -2.96. The first-order valence-electron chi connectivity index (χ1n) is 11.1. The van der Waals surface area contributed by atoms with Crippen LogP contribution in [0.4, 0.5) is 65.9 Å². The van der Waals surface area contributed by atoms with E-state index in [1.54, 1.807) is 0 Å². The third kappa shape index (κ3) is 4.37. The highest BCUT2D eigenvalue weighted by atomic mass is 29.3. The van der Waals surface area contributed by atoms with E-state index in [2.05, 4.69) is 0 Å². The molecule has 0 heterocycles. The van der Waals surface area contributed by atoms with Crippen LogP contribution in [0.3, 0.4) is 0 Å². The first kappa shape index (κ1) is 32.6. The van der Waals surface area contributed by atoms with Gasteiger partial charge in [-0.05, 0) is 0 Å². The summed E-state index contributed by atoms with van der Waals surface area (Å²) in [5.74, 6) is 0. The number of hydrogen-bond acceptors (Lipinski definition) is 0. The van der Waals surface area contributed by atoms with Crippen molar-refractivity contribution in [2.45, 2.75) is 35.2 Å². The SMILES string of the molecule is FC(F)(F)C(F)(F)[Si](C(F)(F)C(F)(F)F)(C(F)(F)C(F)(F)F)[Si](c1ccccc1)(c1ccccc1)c1ccccc1. The van der Waals surface area contributed by atoms with Gasteiger partial charge in [0.05, 0.1) is 0 Å². The van der Waals surface area contributed by atoms with Crippen molar-refractivity contribution in [3.05, 3.63) is 91.0 Å². The van der Waals surface area contributed by atoms with Crippen LogP contribution in [0.25, 0.3) is 0 Å². The minimum absolute atomic E-state index is 0.402. The summed E-state index contributed by atoms with van der Waals surface area (Å²) in [5, 5.41) is -4.12. The number of rotatable bonds is 7. The molecule has 0 aliphatic heterocycles. The van der Waals surface area contributed by atoms with Crippen LogP contribution in [-0.4, -0.2) is 50.3 Å². The molecule has 0 aliphatic rings. The lowest BCUT2D eigenvalue weighted by Crippen LogP contribution is -3.01. The summed E-state index contributed by atoms with van der Waals surface area (Å²) >= 11 is 0. The molecule has 0 aliphatic carbocycles. The van der Waals surface area contributed by atoms with Crippen molar-refractivity contribution in [1.29, 1.82) is 0 Å². The summed E-state index contributed by atoms with van der Waals surface area (Å²) in [4.78, 5) is 0. The fraction of sp³-hybridized carbons (Fsp3) is 0.250. The molecule has 224 valence electrons. The highest BCUT2D eigenvalue weighted by Gasteiger charge is 3.03. The summed E-state index contributed by atoms with van der Waals surface area (Å²) in [6.07, 6.45) is -23.2. The Bertz CT molecular complexity index is 1160. The molecule has 3 rings (SSSR count). The highest BCUT2D eigenvalue weighted by Crippen LogP contribution is 2.64. The molecule has 3 aromatic carbocycles. The molecule has 0 amide bonds. The zero-order valence-electron chi connectivity index (χ0n) is 19.8. The Kier molecular flexibility index (Phi) is 8.02. The normalized spacial score (nSPS) is 14.7. The molecular weight excluding hydrogens is 629 g/mol. The third-order valence-corrected chi connectivity index (χ3v) is 23.9. The van der Waals surface area contributed by atoms with Gasteiger partial charge in [-0.3, -0.25) is 0 Å². The van der Waals surface area contributed by atoms with Crippen molar-refractivity contribution >= 4 is 30.7 Å². The van der Waals surface area contributed by atoms with Gasteiger partial charge in [-0.2, -0.15) is 39.5 Å². The number of benzene rings is 3. The first-order chi connectivity index (χ1) is 18.6. The average Bonchev–Trinajstić information content (AvgIpc) is 2.86. The lowest BCUT2D eigenvalue weighted by molar-refractivity contribution is -0.301. The van der Waals surface area contributed by atoms with E-state index in [0.29, 0.717) is 36.4 Å². The predicted molar refractivity (Wildman–Crippen MR) is 123 cm³/mol. The maximum Gasteiger partial charge on any atom is 0.449 e. The van der Waals surface area contributed by atoms with Crippen LogP contribution in [0.2, 0.25) is 0 Å². The van der Waals surface area contributed by atoms with E-state index in [-0.39, 0.29) is 0 Å². The van der Waals surface area contributed by atoms with Gasteiger partial charge in [0.1, 0.15) is 0 Å². The van der Waals surface area contributed by atoms with Gasteiger partial charge in [-0.25, -0.2) is 26.3 Å². The standard InChI is InChI=1S/C24H15F15Si2/c25-19(26,27)22(34,35)41(23(36,37)20(28,29)30,24(38,39)21(31,32)33)40(16-10-4-1-5-11-16,17-12-6-2-7-13-17)18-14-8-3-9-15-18/h1-15H. The van der Waals surface area contributed by atoms with Crippen LogP contribution in [0.5, 0.6) is 0 Å². The van der Waals surface area contributed by atoms with Gasteiger partial charge < -0.3 is 0 Å². The van der Waals surface area contributed by atoms with Crippen LogP contribution in [0.1, 0.15) is 0 Å². The van der Waals surface area contributed by atoms with Crippen molar-refractivity contribution in [1.82, 2.24) is 0 Å². The fourth-order valence-corrected chi connectivity index (χ4v) is 24.3. The van der Waals surface area contributed by atoms with Gasteiger partial charge in [0, 0.05) is 0 Å². The Morgan fingerprint density at radius 1 is 0.317 bits per heavy atom. The second-order valence-corrected chi connectivity index (χ2v) is 19.9. The molecule has 0 saturated carbocycles. The fourth-order valence-electron chi connectivity index (χ4n) is 5.15. The van der Waals surface area contributed by atoms with Gasteiger partial charge in [-0.15, -0.1) is 0 Å². The maximum atomic E-state index is 15.9. The van der Waals surface area contributed by atoms with Crippen molar-refractivity contribution in [2.75, 3.05) is 0 Å². The third-order valence-electron chi connectivity index (χ3n) is 6.66. The summed E-state index contributed by atoms with van der Waals surface area (Å²) in [5.41, 5.74) is -23.7. The molecule has 0 N–H and O–H groups in total. The second kappa shape index (κ2) is 10.1. The van der Waals surface area contributed by atoms with Crippen LogP contribution in [0, 0.1) is 0 Å². The quantitative estimate of drug-likeness (QED) is 0.149. The van der Waals surface area contributed by atoms with Crippen LogP contribution in [0.15, 0.2) is 91.0 Å². The van der Waals surface area contributed by atoms with Crippen molar-refractivity contribution in [2.24, 2.45) is 0 Å². The number of alkyl halides is 15. The van der Waals surface area contributed by atoms with Crippen molar-refractivity contribution in [3.63, 3.8) is 0 Å². The van der Waals surface area contributed by atoms with Crippen molar-refractivity contribution < 1.29 is 65.9 Å². The monoisotopic (exact) mass is 644 g/mol. The molecule has 0 nitrogen and oxygen atoms in total. The minimum atomic E-state index is -10.1. The van der Waals surface area contributed by atoms with E-state index < -0.39 is 65.9 Å². The Morgan fingerprint density at radius 2 is 0.512 bits per heavy atom.